The Balaban J connectivity index is 1.84. The van der Waals surface area contributed by atoms with Crippen LogP contribution in [0, 0.1) is 17.7 Å². The average molecular weight is 290 g/mol. The van der Waals surface area contributed by atoms with Gasteiger partial charge in [0.25, 0.3) is 0 Å². The third-order valence-electron chi connectivity index (χ3n) is 4.76. The number of hydrogen-bond donors (Lipinski definition) is 0. The smallest absolute Gasteiger partial charge is 0.170 e. The molecule has 1 aliphatic heterocycles. The van der Waals surface area contributed by atoms with Crippen LogP contribution in [0.3, 0.4) is 0 Å². The second-order valence-corrected chi connectivity index (χ2v) is 7.12. The summed E-state index contributed by atoms with van der Waals surface area (Å²) in [5, 5.41) is 0. The molecule has 1 fully saturated rings. The molecule has 114 valence electrons. The van der Waals surface area contributed by atoms with Gasteiger partial charge < -0.3 is 4.74 Å². The van der Waals surface area contributed by atoms with Gasteiger partial charge in [0, 0.05) is 6.07 Å². The second kappa shape index (κ2) is 5.43. The number of Topliss-reactive ketones (excluding diaryl/α,β-unsaturated/α-hetero) is 1. The number of ketones is 1. The Labute approximate surface area is 125 Å². The minimum Gasteiger partial charge on any atom is -0.486 e. The molecule has 0 amide bonds. The highest BCUT2D eigenvalue weighted by Gasteiger charge is 2.44. The Kier molecular flexibility index (Phi) is 3.76. The molecule has 0 N–H and O–H groups in total. The SMILES string of the molecule is CC(C)CC1CCCC2(CC(=O)c3ccc(F)cc3O2)C1. The van der Waals surface area contributed by atoms with Crippen LogP contribution in [0.2, 0.25) is 0 Å². The average Bonchev–Trinajstić information content (AvgIpc) is 2.37. The number of carbonyl (C=O) groups excluding carboxylic acids is 1. The van der Waals surface area contributed by atoms with Gasteiger partial charge in [0.15, 0.2) is 5.78 Å². The summed E-state index contributed by atoms with van der Waals surface area (Å²) in [6.45, 7) is 4.47. The maximum atomic E-state index is 13.4. The highest BCUT2D eigenvalue weighted by atomic mass is 19.1. The summed E-state index contributed by atoms with van der Waals surface area (Å²) >= 11 is 0. The van der Waals surface area contributed by atoms with Gasteiger partial charge in [0.1, 0.15) is 17.2 Å². The highest BCUT2D eigenvalue weighted by molar-refractivity contribution is 6.00. The number of hydrogen-bond acceptors (Lipinski definition) is 2. The van der Waals surface area contributed by atoms with E-state index in [0.717, 1.165) is 19.3 Å². The Morgan fingerprint density at radius 3 is 3.00 bits per heavy atom. The van der Waals surface area contributed by atoms with Gasteiger partial charge in [0.05, 0.1) is 12.0 Å². The Morgan fingerprint density at radius 2 is 2.24 bits per heavy atom. The van der Waals surface area contributed by atoms with Crippen molar-refractivity contribution in [3.8, 4) is 5.75 Å². The molecule has 1 spiro atoms. The zero-order valence-electron chi connectivity index (χ0n) is 12.8. The Hall–Kier alpha value is -1.38. The first kappa shape index (κ1) is 14.6. The Morgan fingerprint density at radius 1 is 1.43 bits per heavy atom. The van der Waals surface area contributed by atoms with Crippen LogP contribution in [0.15, 0.2) is 18.2 Å². The summed E-state index contributed by atoms with van der Waals surface area (Å²) in [5.74, 6) is 1.47. The van der Waals surface area contributed by atoms with E-state index in [1.54, 1.807) is 6.07 Å². The van der Waals surface area contributed by atoms with Crippen molar-refractivity contribution in [1.82, 2.24) is 0 Å². The summed E-state index contributed by atoms with van der Waals surface area (Å²) < 4.78 is 19.6. The normalized spacial score (nSPS) is 28.6. The van der Waals surface area contributed by atoms with E-state index in [1.165, 1.54) is 25.0 Å². The molecular weight excluding hydrogens is 267 g/mol. The number of rotatable bonds is 2. The van der Waals surface area contributed by atoms with Crippen molar-refractivity contribution in [2.24, 2.45) is 11.8 Å². The van der Waals surface area contributed by atoms with Crippen molar-refractivity contribution in [2.75, 3.05) is 0 Å². The molecule has 21 heavy (non-hydrogen) atoms. The largest absolute Gasteiger partial charge is 0.486 e. The predicted octanol–water partition coefficient (Wildman–Crippen LogP) is 4.77. The lowest BCUT2D eigenvalue weighted by molar-refractivity contribution is -0.00704. The molecule has 1 heterocycles. The number of fused-ring (bicyclic) bond motifs is 1. The van der Waals surface area contributed by atoms with E-state index < -0.39 is 5.60 Å². The third kappa shape index (κ3) is 2.97. The summed E-state index contributed by atoms with van der Waals surface area (Å²) in [4.78, 5) is 12.4. The van der Waals surface area contributed by atoms with Crippen molar-refractivity contribution in [3.05, 3.63) is 29.6 Å². The molecule has 2 atom stereocenters. The number of halogens is 1. The van der Waals surface area contributed by atoms with Crippen LogP contribution < -0.4 is 4.74 Å². The first-order chi connectivity index (χ1) is 9.97. The molecule has 1 saturated carbocycles. The maximum absolute atomic E-state index is 13.4. The van der Waals surface area contributed by atoms with Crippen LogP contribution >= 0.6 is 0 Å². The molecule has 1 aromatic rings. The summed E-state index contributed by atoms with van der Waals surface area (Å²) in [6, 6.07) is 4.25. The molecule has 3 heteroatoms. The molecular formula is C18H23FO2. The van der Waals surface area contributed by atoms with E-state index in [0.29, 0.717) is 29.6 Å². The van der Waals surface area contributed by atoms with Crippen molar-refractivity contribution >= 4 is 5.78 Å². The van der Waals surface area contributed by atoms with Gasteiger partial charge in [-0.25, -0.2) is 4.39 Å². The molecule has 0 saturated heterocycles. The molecule has 1 aliphatic carbocycles. The number of ether oxygens (including phenoxy) is 1. The maximum Gasteiger partial charge on any atom is 0.170 e. The van der Waals surface area contributed by atoms with Crippen LogP contribution in [0.4, 0.5) is 4.39 Å². The topological polar surface area (TPSA) is 26.3 Å². The molecule has 0 radical (unpaired) electrons. The summed E-state index contributed by atoms with van der Waals surface area (Å²) in [6.07, 6.45) is 5.76. The summed E-state index contributed by atoms with van der Waals surface area (Å²) in [5.41, 5.74) is 0.142. The molecule has 0 aromatic heterocycles. The van der Waals surface area contributed by atoms with E-state index in [2.05, 4.69) is 13.8 Å². The molecule has 0 bridgehead atoms. The van der Waals surface area contributed by atoms with E-state index in [1.807, 2.05) is 0 Å². The molecule has 3 rings (SSSR count). The van der Waals surface area contributed by atoms with Crippen LogP contribution in [-0.4, -0.2) is 11.4 Å². The van der Waals surface area contributed by atoms with Crippen molar-refractivity contribution < 1.29 is 13.9 Å². The van der Waals surface area contributed by atoms with Crippen molar-refractivity contribution in [2.45, 2.75) is 58.0 Å². The zero-order valence-corrected chi connectivity index (χ0v) is 12.8. The van der Waals surface area contributed by atoms with Gasteiger partial charge in [-0.1, -0.05) is 20.3 Å². The third-order valence-corrected chi connectivity index (χ3v) is 4.76. The fourth-order valence-corrected chi connectivity index (χ4v) is 4.03. The van der Waals surface area contributed by atoms with E-state index in [-0.39, 0.29) is 11.6 Å². The monoisotopic (exact) mass is 290 g/mol. The fraction of sp³-hybridized carbons (Fsp3) is 0.611. The minimum atomic E-state index is -0.393. The molecule has 2 nitrogen and oxygen atoms in total. The fourth-order valence-electron chi connectivity index (χ4n) is 4.03. The van der Waals surface area contributed by atoms with E-state index in [9.17, 15) is 9.18 Å². The molecule has 1 aromatic carbocycles. The van der Waals surface area contributed by atoms with Crippen molar-refractivity contribution in [3.63, 3.8) is 0 Å². The lowest BCUT2D eigenvalue weighted by Gasteiger charge is -2.43. The van der Waals surface area contributed by atoms with Gasteiger partial charge in [-0.2, -0.15) is 0 Å². The Bertz CT molecular complexity index is 552. The first-order valence-electron chi connectivity index (χ1n) is 7.99. The van der Waals surface area contributed by atoms with Gasteiger partial charge in [-0.3, -0.25) is 4.79 Å². The highest BCUT2D eigenvalue weighted by Crippen LogP contribution is 2.45. The second-order valence-electron chi connectivity index (χ2n) is 7.12. The summed E-state index contributed by atoms with van der Waals surface area (Å²) in [7, 11) is 0. The predicted molar refractivity (Wildman–Crippen MR) is 80.1 cm³/mol. The van der Waals surface area contributed by atoms with Gasteiger partial charge in [-0.15, -0.1) is 0 Å². The lowest BCUT2D eigenvalue weighted by atomic mass is 9.71. The van der Waals surface area contributed by atoms with Gasteiger partial charge in [0.2, 0.25) is 0 Å². The minimum absolute atomic E-state index is 0.0986. The van der Waals surface area contributed by atoms with Crippen molar-refractivity contribution in [1.29, 1.82) is 0 Å². The van der Waals surface area contributed by atoms with Crippen LogP contribution in [0.1, 0.15) is 62.7 Å². The van der Waals surface area contributed by atoms with Crippen LogP contribution in [-0.2, 0) is 0 Å². The number of carbonyl (C=O) groups is 1. The zero-order chi connectivity index (χ0) is 15.0. The number of benzene rings is 1. The standard InChI is InChI=1S/C18H23FO2/c1-12(2)8-13-4-3-7-18(10-13)11-16(20)15-6-5-14(19)9-17(15)21-18/h5-6,9,12-13H,3-4,7-8,10-11H2,1-2H3. The molecule has 2 aliphatic rings. The quantitative estimate of drug-likeness (QED) is 0.784. The van der Waals surface area contributed by atoms with Crippen LogP contribution in [0.5, 0.6) is 5.75 Å². The molecule has 2 unspecified atom stereocenters. The van der Waals surface area contributed by atoms with Crippen LogP contribution in [0.25, 0.3) is 0 Å². The first-order valence-corrected chi connectivity index (χ1v) is 7.99. The van der Waals surface area contributed by atoms with E-state index >= 15 is 0 Å². The van der Waals surface area contributed by atoms with Gasteiger partial charge >= 0.3 is 0 Å². The van der Waals surface area contributed by atoms with Gasteiger partial charge in [-0.05, 0) is 49.7 Å². The van der Waals surface area contributed by atoms with E-state index in [4.69, 9.17) is 4.74 Å². The lowest BCUT2D eigenvalue weighted by Crippen LogP contribution is -2.46.